The van der Waals surface area contributed by atoms with Gasteiger partial charge in [-0.1, -0.05) is 6.07 Å². The molecule has 92 valence electrons. The standard InChI is InChI=1S/C12H16N2O3/c1-4-13(5-2)12(15)11-8-10(14(16)17)7-6-9(11)3/h6-8H,4-5H2,1-3H3. The van der Waals surface area contributed by atoms with Gasteiger partial charge in [-0.15, -0.1) is 0 Å². The van der Waals surface area contributed by atoms with E-state index >= 15 is 0 Å². The van der Waals surface area contributed by atoms with Crippen molar-refractivity contribution in [1.29, 1.82) is 0 Å². The van der Waals surface area contributed by atoms with Crippen LogP contribution >= 0.6 is 0 Å². The fourth-order valence-electron chi connectivity index (χ4n) is 1.64. The Balaban J connectivity index is 3.16. The number of non-ortho nitro benzene ring substituents is 1. The highest BCUT2D eigenvalue weighted by molar-refractivity contribution is 5.96. The van der Waals surface area contributed by atoms with Gasteiger partial charge in [0.1, 0.15) is 0 Å². The van der Waals surface area contributed by atoms with E-state index in [9.17, 15) is 14.9 Å². The van der Waals surface area contributed by atoms with Gasteiger partial charge < -0.3 is 4.90 Å². The Kier molecular flexibility index (Phi) is 4.20. The smallest absolute Gasteiger partial charge is 0.270 e. The van der Waals surface area contributed by atoms with Gasteiger partial charge in [-0.2, -0.15) is 0 Å². The number of benzene rings is 1. The Morgan fingerprint density at radius 2 is 1.94 bits per heavy atom. The van der Waals surface area contributed by atoms with Crippen molar-refractivity contribution in [3.8, 4) is 0 Å². The number of hydrogen-bond donors (Lipinski definition) is 0. The Morgan fingerprint density at radius 3 is 2.41 bits per heavy atom. The third-order valence-corrected chi connectivity index (χ3v) is 2.71. The first-order chi connectivity index (χ1) is 8.01. The zero-order chi connectivity index (χ0) is 13.0. The molecule has 0 aliphatic rings. The van der Waals surface area contributed by atoms with Gasteiger partial charge in [-0.05, 0) is 26.3 Å². The van der Waals surface area contributed by atoms with Crippen LogP contribution < -0.4 is 0 Å². The van der Waals surface area contributed by atoms with Crippen LogP contribution in [-0.4, -0.2) is 28.8 Å². The quantitative estimate of drug-likeness (QED) is 0.595. The Morgan fingerprint density at radius 1 is 1.35 bits per heavy atom. The zero-order valence-corrected chi connectivity index (χ0v) is 10.3. The van der Waals surface area contributed by atoms with E-state index in [0.29, 0.717) is 18.7 Å². The number of amides is 1. The summed E-state index contributed by atoms with van der Waals surface area (Å²) >= 11 is 0. The maximum absolute atomic E-state index is 12.1. The summed E-state index contributed by atoms with van der Waals surface area (Å²) in [6.07, 6.45) is 0. The van der Waals surface area contributed by atoms with Crippen molar-refractivity contribution in [2.45, 2.75) is 20.8 Å². The molecule has 0 saturated carbocycles. The van der Waals surface area contributed by atoms with E-state index in [2.05, 4.69) is 0 Å². The molecule has 1 rings (SSSR count). The van der Waals surface area contributed by atoms with Crippen molar-refractivity contribution in [3.05, 3.63) is 39.4 Å². The highest BCUT2D eigenvalue weighted by atomic mass is 16.6. The molecule has 0 fully saturated rings. The van der Waals surface area contributed by atoms with E-state index in [1.807, 2.05) is 13.8 Å². The van der Waals surface area contributed by atoms with E-state index in [1.165, 1.54) is 12.1 Å². The van der Waals surface area contributed by atoms with E-state index in [-0.39, 0.29) is 11.6 Å². The van der Waals surface area contributed by atoms with Gasteiger partial charge in [0.25, 0.3) is 11.6 Å². The molecule has 0 aromatic heterocycles. The molecule has 0 unspecified atom stereocenters. The summed E-state index contributed by atoms with van der Waals surface area (Å²) in [7, 11) is 0. The first kappa shape index (κ1) is 13.2. The second kappa shape index (κ2) is 5.43. The third-order valence-electron chi connectivity index (χ3n) is 2.71. The molecule has 1 aromatic carbocycles. The van der Waals surface area contributed by atoms with Crippen molar-refractivity contribution >= 4 is 11.6 Å². The third kappa shape index (κ3) is 2.81. The van der Waals surface area contributed by atoms with Crippen LogP contribution in [0.15, 0.2) is 18.2 Å². The highest BCUT2D eigenvalue weighted by Crippen LogP contribution is 2.18. The molecule has 17 heavy (non-hydrogen) atoms. The van der Waals surface area contributed by atoms with Crippen LogP contribution in [0.25, 0.3) is 0 Å². The number of aryl methyl sites for hydroxylation is 1. The summed E-state index contributed by atoms with van der Waals surface area (Å²) in [5, 5.41) is 10.7. The molecule has 5 nitrogen and oxygen atoms in total. The molecule has 0 spiro atoms. The molecule has 0 heterocycles. The molecule has 5 heteroatoms. The Bertz CT molecular complexity index is 439. The van der Waals surface area contributed by atoms with Crippen LogP contribution in [-0.2, 0) is 0 Å². The molecule has 1 amide bonds. The lowest BCUT2D eigenvalue weighted by atomic mass is 10.1. The summed E-state index contributed by atoms with van der Waals surface area (Å²) in [5.41, 5.74) is 1.11. The van der Waals surface area contributed by atoms with Gasteiger partial charge >= 0.3 is 0 Å². The predicted molar refractivity (Wildman–Crippen MR) is 65.1 cm³/mol. The van der Waals surface area contributed by atoms with E-state index in [1.54, 1.807) is 17.9 Å². The normalized spacial score (nSPS) is 10.1. The van der Waals surface area contributed by atoms with Crippen LogP contribution in [0.5, 0.6) is 0 Å². The molecule has 0 aliphatic carbocycles. The summed E-state index contributed by atoms with van der Waals surface area (Å²) in [6.45, 7) is 6.73. The van der Waals surface area contributed by atoms with Gasteiger partial charge in [0, 0.05) is 30.8 Å². The van der Waals surface area contributed by atoms with Crippen LogP contribution in [0, 0.1) is 17.0 Å². The topological polar surface area (TPSA) is 63.5 Å². The monoisotopic (exact) mass is 236 g/mol. The summed E-state index contributed by atoms with van der Waals surface area (Å²) < 4.78 is 0. The Labute approximate surface area is 100 Å². The van der Waals surface area contributed by atoms with Crippen LogP contribution in [0.4, 0.5) is 5.69 Å². The summed E-state index contributed by atoms with van der Waals surface area (Å²) in [5.74, 6) is -0.156. The maximum Gasteiger partial charge on any atom is 0.270 e. The number of carbonyl (C=O) groups excluding carboxylic acids is 1. The second-order valence-corrected chi connectivity index (χ2v) is 3.73. The lowest BCUT2D eigenvalue weighted by Gasteiger charge is -2.19. The molecule has 0 atom stereocenters. The van der Waals surface area contributed by atoms with E-state index in [4.69, 9.17) is 0 Å². The molecular weight excluding hydrogens is 220 g/mol. The number of rotatable bonds is 4. The SMILES string of the molecule is CCN(CC)C(=O)c1cc([N+](=O)[O-])ccc1C. The molecule has 1 aromatic rings. The average Bonchev–Trinajstić information content (AvgIpc) is 2.30. The molecular formula is C12H16N2O3. The summed E-state index contributed by atoms with van der Waals surface area (Å²) in [6, 6.07) is 4.36. The molecule has 0 radical (unpaired) electrons. The van der Waals surface area contributed by atoms with Gasteiger partial charge in [0.05, 0.1) is 4.92 Å². The lowest BCUT2D eigenvalue weighted by Crippen LogP contribution is -2.31. The van der Waals surface area contributed by atoms with Crippen molar-refractivity contribution < 1.29 is 9.72 Å². The van der Waals surface area contributed by atoms with Crippen LogP contribution in [0.3, 0.4) is 0 Å². The van der Waals surface area contributed by atoms with Gasteiger partial charge in [0.2, 0.25) is 0 Å². The number of hydrogen-bond acceptors (Lipinski definition) is 3. The van der Waals surface area contributed by atoms with E-state index in [0.717, 1.165) is 5.56 Å². The van der Waals surface area contributed by atoms with Crippen LogP contribution in [0.2, 0.25) is 0 Å². The molecule has 0 saturated heterocycles. The number of nitro benzene ring substituents is 1. The van der Waals surface area contributed by atoms with Gasteiger partial charge in [-0.3, -0.25) is 14.9 Å². The molecule has 0 N–H and O–H groups in total. The lowest BCUT2D eigenvalue weighted by molar-refractivity contribution is -0.384. The van der Waals surface area contributed by atoms with E-state index < -0.39 is 4.92 Å². The molecule has 0 bridgehead atoms. The fourth-order valence-corrected chi connectivity index (χ4v) is 1.64. The minimum atomic E-state index is -0.488. The predicted octanol–water partition coefficient (Wildman–Crippen LogP) is 2.39. The minimum Gasteiger partial charge on any atom is -0.339 e. The molecule has 0 aliphatic heterocycles. The zero-order valence-electron chi connectivity index (χ0n) is 10.3. The van der Waals surface area contributed by atoms with Crippen molar-refractivity contribution in [1.82, 2.24) is 4.90 Å². The minimum absolute atomic E-state index is 0.0499. The van der Waals surface area contributed by atoms with Crippen molar-refractivity contribution in [2.24, 2.45) is 0 Å². The van der Waals surface area contributed by atoms with Crippen molar-refractivity contribution in [2.75, 3.05) is 13.1 Å². The van der Waals surface area contributed by atoms with Crippen LogP contribution in [0.1, 0.15) is 29.8 Å². The Hall–Kier alpha value is -1.91. The number of nitrogens with zero attached hydrogens (tertiary/aromatic N) is 2. The van der Waals surface area contributed by atoms with Gasteiger partial charge in [-0.25, -0.2) is 0 Å². The van der Waals surface area contributed by atoms with Crippen molar-refractivity contribution in [3.63, 3.8) is 0 Å². The first-order valence-electron chi connectivity index (χ1n) is 5.55. The maximum atomic E-state index is 12.1. The largest absolute Gasteiger partial charge is 0.339 e. The first-order valence-corrected chi connectivity index (χ1v) is 5.55. The van der Waals surface area contributed by atoms with Gasteiger partial charge in [0.15, 0.2) is 0 Å². The number of nitro groups is 1. The summed E-state index contributed by atoms with van der Waals surface area (Å²) in [4.78, 5) is 23.9. The average molecular weight is 236 g/mol. The fraction of sp³-hybridized carbons (Fsp3) is 0.417. The second-order valence-electron chi connectivity index (χ2n) is 3.73. The number of carbonyl (C=O) groups is 1. The highest BCUT2D eigenvalue weighted by Gasteiger charge is 2.18.